The van der Waals surface area contributed by atoms with Gasteiger partial charge in [0.05, 0.1) is 12.8 Å². The van der Waals surface area contributed by atoms with Gasteiger partial charge in [0.2, 0.25) is 0 Å². The first kappa shape index (κ1) is 16.3. The Kier molecular flexibility index (Phi) is 8.59. The standard InChI is InChI=1S/C16H30N2O/c1-4-6-10-18(11-7-5-2)15(3)13-17-14-16-9-8-12-19-16/h8-9,12,15,17H,4-7,10-11,13-14H2,1-3H3. The maximum atomic E-state index is 5.33. The Labute approximate surface area is 118 Å². The molecule has 0 bridgehead atoms. The largest absolute Gasteiger partial charge is 0.468 e. The summed E-state index contributed by atoms with van der Waals surface area (Å²) in [7, 11) is 0. The molecule has 0 saturated carbocycles. The summed E-state index contributed by atoms with van der Waals surface area (Å²) in [6.45, 7) is 11.1. The quantitative estimate of drug-likeness (QED) is 0.662. The first-order valence-corrected chi connectivity index (χ1v) is 7.75. The molecule has 3 nitrogen and oxygen atoms in total. The number of rotatable bonds is 11. The van der Waals surface area contributed by atoms with Crippen molar-refractivity contribution in [1.82, 2.24) is 10.2 Å². The van der Waals surface area contributed by atoms with E-state index in [4.69, 9.17) is 4.42 Å². The van der Waals surface area contributed by atoms with E-state index in [0.29, 0.717) is 6.04 Å². The highest BCUT2D eigenvalue weighted by molar-refractivity contribution is 4.97. The summed E-state index contributed by atoms with van der Waals surface area (Å²) in [5, 5.41) is 3.49. The van der Waals surface area contributed by atoms with Crippen LogP contribution in [0.4, 0.5) is 0 Å². The summed E-state index contributed by atoms with van der Waals surface area (Å²) in [6.07, 6.45) is 6.87. The molecule has 0 amide bonds. The number of nitrogens with one attached hydrogen (secondary N) is 1. The Morgan fingerprint density at radius 3 is 2.42 bits per heavy atom. The molecule has 0 radical (unpaired) electrons. The van der Waals surface area contributed by atoms with Crippen molar-refractivity contribution in [1.29, 1.82) is 0 Å². The molecule has 0 aliphatic heterocycles. The minimum absolute atomic E-state index is 0.591. The molecular weight excluding hydrogens is 236 g/mol. The maximum absolute atomic E-state index is 5.33. The molecule has 0 saturated heterocycles. The zero-order chi connectivity index (χ0) is 13.9. The zero-order valence-corrected chi connectivity index (χ0v) is 12.8. The second-order valence-electron chi connectivity index (χ2n) is 5.30. The third kappa shape index (κ3) is 6.79. The van der Waals surface area contributed by atoms with E-state index in [2.05, 4.69) is 31.0 Å². The van der Waals surface area contributed by atoms with Gasteiger partial charge in [0.15, 0.2) is 0 Å². The van der Waals surface area contributed by atoms with Gasteiger partial charge in [-0.1, -0.05) is 26.7 Å². The average Bonchev–Trinajstić information content (AvgIpc) is 2.92. The third-order valence-electron chi connectivity index (χ3n) is 3.54. The SMILES string of the molecule is CCCCN(CCCC)C(C)CNCc1ccco1. The molecule has 1 unspecified atom stereocenters. The summed E-state index contributed by atoms with van der Waals surface area (Å²) in [5.74, 6) is 1.01. The Balaban J connectivity index is 2.26. The van der Waals surface area contributed by atoms with Gasteiger partial charge < -0.3 is 9.73 Å². The molecule has 1 aromatic rings. The number of hydrogen-bond donors (Lipinski definition) is 1. The van der Waals surface area contributed by atoms with Crippen LogP contribution < -0.4 is 5.32 Å². The molecule has 110 valence electrons. The second kappa shape index (κ2) is 10.0. The van der Waals surface area contributed by atoms with Gasteiger partial charge in [0, 0.05) is 12.6 Å². The van der Waals surface area contributed by atoms with Crippen LogP contribution in [0.25, 0.3) is 0 Å². The van der Waals surface area contributed by atoms with E-state index in [1.54, 1.807) is 6.26 Å². The van der Waals surface area contributed by atoms with Crippen molar-refractivity contribution in [3.05, 3.63) is 24.2 Å². The Bertz CT molecular complexity index is 290. The van der Waals surface area contributed by atoms with Gasteiger partial charge in [0.1, 0.15) is 5.76 Å². The highest BCUT2D eigenvalue weighted by Gasteiger charge is 2.12. The summed E-state index contributed by atoms with van der Waals surface area (Å²) in [5.41, 5.74) is 0. The topological polar surface area (TPSA) is 28.4 Å². The number of nitrogens with zero attached hydrogens (tertiary/aromatic N) is 1. The fourth-order valence-electron chi connectivity index (χ4n) is 2.22. The maximum Gasteiger partial charge on any atom is 0.117 e. The summed E-state index contributed by atoms with van der Waals surface area (Å²) in [4.78, 5) is 2.61. The molecule has 3 heteroatoms. The van der Waals surface area contributed by atoms with Gasteiger partial charge >= 0.3 is 0 Å². The fraction of sp³-hybridized carbons (Fsp3) is 0.750. The monoisotopic (exact) mass is 266 g/mol. The number of unbranched alkanes of at least 4 members (excludes halogenated alkanes) is 2. The van der Waals surface area contributed by atoms with Crippen LogP contribution in [0.15, 0.2) is 22.8 Å². The average molecular weight is 266 g/mol. The lowest BCUT2D eigenvalue weighted by Gasteiger charge is -2.29. The third-order valence-corrected chi connectivity index (χ3v) is 3.54. The molecule has 1 aromatic heterocycles. The van der Waals surface area contributed by atoms with Gasteiger partial charge in [-0.15, -0.1) is 0 Å². The van der Waals surface area contributed by atoms with Crippen LogP contribution in [-0.2, 0) is 6.54 Å². The molecule has 0 aliphatic rings. The second-order valence-corrected chi connectivity index (χ2v) is 5.30. The van der Waals surface area contributed by atoms with Crippen molar-refractivity contribution in [3.8, 4) is 0 Å². The predicted molar refractivity (Wildman–Crippen MR) is 81.3 cm³/mol. The van der Waals surface area contributed by atoms with Crippen molar-refractivity contribution in [2.24, 2.45) is 0 Å². The van der Waals surface area contributed by atoms with Crippen LogP contribution in [0.1, 0.15) is 52.2 Å². The highest BCUT2D eigenvalue weighted by Crippen LogP contribution is 2.05. The zero-order valence-electron chi connectivity index (χ0n) is 12.8. The summed E-state index contributed by atoms with van der Waals surface area (Å²) in [6, 6.07) is 4.55. The lowest BCUT2D eigenvalue weighted by molar-refractivity contribution is 0.197. The van der Waals surface area contributed by atoms with Crippen LogP contribution in [0, 0.1) is 0 Å². The molecule has 0 fully saturated rings. The van der Waals surface area contributed by atoms with Crippen molar-refractivity contribution in [2.45, 2.75) is 59.0 Å². The Morgan fingerprint density at radius 2 is 1.89 bits per heavy atom. The van der Waals surface area contributed by atoms with Crippen molar-refractivity contribution < 1.29 is 4.42 Å². The van der Waals surface area contributed by atoms with Gasteiger partial charge in [-0.05, 0) is 45.0 Å². The predicted octanol–water partition coefficient (Wildman–Crippen LogP) is 3.66. The van der Waals surface area contributed by atoms with E-state index >= 15 is 0 Å². The van der Waals surface area contributed by atoms with E-state index < -0.39 is 0 Å². The molecular formula is C16H30N2O. The summed E-state index contributed by atoms with van der Waals surface area (Å²) >= 11 is 0. The molecule has 0 aliphatic carbocycles. The van der Waals surface area contributed by atoms with Crippen LogP contribution in [0.3, 0.4) is 0 Å². The van der Waals surface area contributed by atoms with E-state index in [0.717, 1.165) is 18.8 Å². The van der Waals surface area contributed by atoms with Crippen molar-refractivity contribution >= 4 is 0 Å². The van der Waals surface area contributed by atoms with E-state index in [-0.39, 0.29) is 0 Å². The van der Waals surface area contributed by atoms with Crippen LogP contribution in [0.5, 0.6) is 0 Å². The first-order valence-electron chi connectivity index (χ1n) is 7.75. The van der Waals surface area contributed by atoms with Crippen LogP contribution >= 0.6 is 0 Å². The number of furan rings is 1. The molecule has 1 N–H and O–H groups in total. The highest BCUT2D eigenvalue weighted by atomic mass is 16.3. The lowest BCUT2D eigenvalue weighted by Crippen LogP contribution is -2.41. The molecule has 1 atom stereocenters. The minimum atomic E-state index is 0.591. The van der Waals surface area contributed by atoms with Gasteiger partial charge in [-0.3, -0.25) is 4.90 Å². The van der Waals surface area contributed by atoms with Gasteiger partial charge in [-0.25, -0.2) is 0 Å². The molecule has 0 aromatic carbocycles. The van der Waals surface area contributed by atoms with Gasteiger partial charge in [0.25, 0.3) is 0 Å². The Morgan fingerprint density at radius 1 is 1.21 bits per heavy atom. The lowest BCUT2D eigenvalue weighted by atomic mass is 10.2. The fourth-order valence-corrected chi connectivity index (χ4v) is 2.22. The Hall–Kier alpha value is -0.800. The van der Waals surface area contributed by atoms with Crippen molar-refractivity contribution in [3.63, 3.8) is 0 Å². The van der Waals surface area contributed by atoms with E-state index in [9.17, 15) is 0 Å². The van der Waals surface area contributed by atoms with Gasteiger partial charge in [-0.2, -0.15) is 0 Å². The summed E-state index contributed by atoms with van der Waals surface area (Å²) < 4.78 is 5.33. The molecule has 1 heterocycles. The molecule has 1 rings (SSSR count). The first-order chi connectivity index (χ1) is 9.27. The van der Waals surface area contributed by atoms with E-state index in [1.807, 2.05) is 12.1 Å². The smallest absolute Gasteiger partial charge is 0.117 e. The number of hydrogen-bond acceptors (Lipinski definition) is 3. The molecule has 0 spiro atoms. The molecule has 19 heavy (non-hydrogen) atoms. The van der Waals surface area contributed by atoms with Crippen molar-refractivity contribution in [2.75, 3.05) is 19.6 Å². The van der Waals surface area contributed by atoms with Crippen LogP contribution in [-0.4, -0.2) is 30.6 Å². The minimum Gasteiger partial charge on any atom is -0.468 e. The van der Waals surface area contributed by atoms with E-state index in [1.165, 1.54) is 38.8 Å². The normalized spacial score (nSPS) is 13.1. The van der Waals surface area contributed by atoms with Crippen LogP contribution in [0.2, 0.25) is 0 Å².